The first-order valence-electron chi connectivity index (χ1n) is 6.68. The maximum atomic E-state index is 13.4. The van der Waals surface area contributed by atoms with Crippen molar-refractivity contribution in [3.8, 4) is 0 Å². The van der Waals surface area contributed by atoms with E-state index in [0.717, 1.165) is 19.0 Å². The van der Waals surface area contributed by atoms with Crippen LogP contribution in [-0.4, -0.2) is 50.3 Å². The van der Waals surface area contributed by atoms with Gasteiger partial charge in [0.25, 0.3) is 0 Å². The first-order chi connectivity index (χ1) is 9.73. The third kappa shape index (κ3) is 3.39. The minimum atomic E-state index is -3.71. The zero-order valence-corrected chi connectivity index (χ0v) is 14.4. The van der Waals surface area contributed by atoms with Gasteiger partial charge in [0.2, 0.25) is 10.0 Å². The highest BCUT2D eigenvalue weighted by atomic mass is 79.9. The predicted octanol–water partition coefficient (Wildman–Crippen LogP) is 1.89. The summed E-state index contributed by atoms with van der Waals surface area (Å²) in [5, 5.41) is 0. The van der Waals surface area contributed by atoms with E-state index in [0.29, 0.717) is 13.1 Å². The van der Waals surface area contributed by atoms with Crippen LogP contribution in [0, 0.1) is 5.82 Å². The van der Waals surface area contributed by atoms with Crippen LogP contribution in [0.25, 0.3) is 0 Å². The summed E-state index contributed by atoms with van der Waals surface area (Å²) in [6, 6.07) is 2.12. The summed E-state index contributed by atoms with van der Waals surface area (Å²) in [5.74, 6) is -0.635. The molecule has 118 valence electrons. The van der Waals surface area contributed by atoms with E-state index in [1.807, 2.05) is 14.0 Å². The van der Waals surface area contributed by atoms with Gasteiger partial charge in [-0.2, -0.15) is 4.31 Å². The molecule has 1 aromatic carbocycles. The lowest BCUT2D eigenvalue weighted by Gasteiger charge is -2.27. The monoisotopic (exact) mass is 379 g/mol. The molecular formula is C13H19BrFN3O2S. The van der Waals surface area contributed by atoms with Gasteiger partial charge in [-0.25, -0.2) is 12.8 Å². The number of rotatable bonds is 2. The van der Waals surface area contributed by atoms with Gasteiger partial charge in [0.05, 0.1) is 10.6 Å². The minimum absolute atomic E-state index is 0.0119. The molecule has 0 amide bonds. The van der Waals surface area contributed by atoms with Gasteiger partial charge < -0.3 is 10.6 Å². The SMILES string of the molecule is CC1CN(C)CCCN1S(=O)(=O)c1cc(N)c(F)cc1Br. The number of nitrogen functional groups attached to an aromatic ring is 1. The summed E-state index contributed by atoms with van der Waals surface area (Å²) in [5.41, 5.74) is 5.35. The molecule has 1 unspecified atom stereocenters. The molecule has 1 aliphatic heterocycles. The number of halogens is 2. The topological polar surface area (TPSA) is 66.6 Å². The second-order valence-electron chi connectivity index (χ2n) is 5.38. The Morgan fingerprint density at radius 3 is 2.71 bits per heavy atom. The van der Waals surface area contributed by atoms with E-state index in [4.69, 9.17) is 5.73 Å². The van der Waals surface area contributed by atoms with E-state index < -0.39 is 15.8 Å². The molecule has 2 N–H and O–H groups in total. The van der Waals surface area contributed by atoms with Crippen LogP contribution in [0.2, 0.25) is 0 Å². The van der Waals surface area contributed by atoms with E-state index in [2.05, 4.69) is 20.8 Å². The number of anilines is 1. The molecule has 1 fully saturated rings. The van der Waals surface area contributed by atoms with Crippen molar-refractivity contribution < 1.29 is 12.8 Å². The summed E-state index contributed by atoms with van der Waals surface area (Å²) >= 11 is 3.12. The zero-order chi connectivity index (χ0) is 15.8. The second kappa shape index (κ2) is 6.20. The highest BCUT2D eigenvalue weighted by molar-refractivity contribution is 9.10. The molecule has 21 heavy (non-hydrogen) atoms. The van der Waals surface area contributed by atoms with Crippen molar-refractivity contribution in [1.82, 2.24) is 9.21 Å². The molecule has 0 aromatic heterocycles. The fourth-order valence-corrected chi connectivity index (χ4v) is 5.25. The van der Waals surface area contributed by atoms with Crippen molar-refractivity contribution in [3.63, 3.8) is 0 Å². The summed E-state index contributed by atoms with van der Waals surface area (Å²) in [6.07, 6.45) is 0.758. The highest BCUT2D eigenvalue weighted by Gasteiger charge is 2.33. The molecule has 0 saturated carbocycles. The Bertz CT molecular complexity index is 639. The number of hydrogen-bond donors (Lipinski definition) is 1. The van der Waals surface area contributed by atoms with Crippen LogP contribution in [-0.2, 0) is 10.0 Å². The Kier molecular flexibility index (Phi) is 4.92. The summed E-state index contributed by atoms with van der Waals surface area (Å²) in [4.78, 5) is 2.12. The normalized spacial score (nSPS) is 22.2. The molecule has 0 bridgehead atoms. The number of sulfonamides is 1. The van der Waals surface area contributed by atoms with Crippen LogP contribution in [0.5, 0.6) is 0 Å². The van der Waals surface area contributed by atoms with Gasteiger partial charge in [-0.1, -0.05) is 0 Å². The second-order valence-corrected chi connectivity index (χ2v) is 8.10. The van der Waals surface area contributed by atoms with Gasteiger partial charge in [0.15, 0.2) is 0 Å². The first kappa shape index (κ1) is 16.7. The van der Waals surface area contributed by atoms with Gasteiger partial charge in [-0.05, 0) is 55.0 Å². The van der Waals surface area contributed by atoms with E-state index >= 15 is 0 Å². The number of hydrogen-bond acceptors (Lipinski definition) is 4. The molecule has 8 heteroatoms. The van der Waals surface area contributed by atoms with E-state index in [-0.39, 0.29) is 21.1 Å². The van der Waals surface area contributed by atoms with Crippen molar-refractivity contribution in [1.29, 1.82) is 0 Å². The van der Waals surface area contributed by atoms with Gasteiger partial charge in [0, 0.05) is 23.6 Å². The first-order valence-corrected chi connectivity index (χ1v) is 8.91. The van der Waals surface area contributed by atoms with Gasteiger partial charge in [-0.15, -0.1) is 0 Å². The number of nitrogens with zero attached hydrogens (tertiary/aromatic N) is 2. The standard InChI is InChI=1S/C13H19BrFN3O2S/c1-9-8-17(2)4-3-5-18(9)21(19,20)13-7-12(16)11(15)6-10(13)14/h6-7,9H,3-5,8,16H2,1-2H3. The number of nitrogens with two attached hydrogens (primary N) is 1. The molecule has 1 saturated heterocycles. The Morgan fingerprint density at radius 1 is 1.38 bits per heavy atom. The average Bonchev–Trinajstić information content (AvgIpc) is 2.54. The third-order valence-electron chi connectivity index (χ3n) is 3.62. The lowest BCUT2D eigenvalue weighted by Crippen LogP contribution is -2.42. The Morgan fingerprint density at radius 2 is 2.05 bits per heavy atom. The van der Waals surface area contributed by atoms with E-state index in [9.17, 15) is 12.8 Å². The van der Waals surface area contributed by atoms with Gasteiger partial charge in [0.1, 0.15) is 5.82 Å². The van der Waals surface area contributed by atoms with Crippen LogP contribution in [0.4, 0.5) is 10.1 Å². The lowest BCUT2D eigenvalue weighted by atomic mass is 10.3. The van der Waals surface area contributed by atoms with E-state index in [1.54, 1.807) is 0 Å². The van der Waals surface area contributed by atoms with Crippen molar-refractivity contribution >= 4 is 31.6 Å². The Balaban J connectivity index is 2.44. The van der Waals surface area contributed by atoms with Gasteiger partial charge >= 0.3 is 0 Å². The largest absolute Gasteiger partial charge is 0.396 e. The molecule has 0 radical (unpaired) electrons. The third-order valence-corrected chi connectivity index (χ3v) is 6.60. The molecule has 1 atom stereocenters. The van der Waals surface area contributed by atoms with Crippen molar-refractivity contribution in [2.75, 3.05) is 32.4 Å². The Labute approximate surface area is 133 Å². The molecule has 0 aliphatic carbocycles. The lowest BCUT2D eigenvalue weighted by molar-refractivity contribution is 0.290. The summed E-state index contributed by atoms with van der Waals surface area (Å²) in [6.45, 7) is 3.83. The quantitative estimate of drug-likeness (QED) is 0.796. The smallest absolute Gasteiger partial charge is 0.244 e. The molecule has 1 aromatic rings. The molecule has 2 rings (SSSR count). The molecule has 5 nitrogen and oxygen atoms in total. The fourth-order valence-electron chi connectivity index (χ4n) is 2.58. The number of likely N-dealkylation sites (N-methyl/N-ethyl adjacent to an activating group) is 1. The Hall–Kier alpha value is -0.700. The van der Waals surface area contributed by atoms with Crippen LogP contribution in [0.15, 0.2) is 21.5 Å². The molecule has 0 spiro atoms. The van der Waals surface area contributed by atoms with Crippen LogP contribution >= 0.6 is 15.9 Å². The van der Waals surface area contributed by atoms with Crippen molar-refractivity contribution in [2.24, 2.45) is 0 Å². The fraction of sp³-hybridized carbons (Fsp3) is 0.538. The maximum Gasteiger partial charge on any atom is 0.244 e. The maximum absolute atomic E-state index is 13.4. The predicted molar refractivity (Wildman–Crippen MR) is 84.0 cm³/mol. The summed E-state index contributed by atoms with van der Waals surface area (Å²) in [7, 11) is -1.74. The van der Waals surface area contributed by atoms with Gasteiger partial charge in [-0.3, -0.25) is 0 Å². The van der Waals surface area contributed by atoms with E-state index in [1.165, 1.54) is 10.4 Å². The minimum Gasteiger partial charge on any atom is -0.396 e. The summed E-state index contributed by atoms with van der Waals surface area (Å²) < 4.78 is 40.8. The molecular weight excluding hydrogens is 361 g/mol. The molecule has 1 heterocycles. The zero-order valence-electron chi connectivity index (χ0n) is 12.0. The number of benzene rings is 1. The molecule has 1 aliphatic rings. The van der Waals surface area contributed by atoms with Crippen molar-refractivity contribution in [3.05, 3.63) is 22.4 Å². The van der Waals surface area contributed by atoms with Crippen LogP contribution in [0.1, 0.15) is 13.3 Å². The average molecular weight is 380 g/mol. The van der Waals surface area contributed by atoms with Crippen LogP contribution in [0.3, 0.4) is 0 Å². The highest BCUT2D eigenvalue weighted by Crippen LogP contribution is 2.30. The van der Waals surface area contributed by atoms with Crippen molar-refractivity contribution in [2.45, 2.75) is 24.3 Å². The van der Waals surface area contributed by atoms with Crippen LogP contribution < -0.4 is 5.73 Å².